The van der Waals surface area contributed by atoms with E-state index in [9.17, 15) is 14.9 Å². The second kappa shape index (κ2) is 6.90. The largest absolute Gasteiger partial charge is 0.382 e. The molecule has 0 unspecified atom stereocenters. The summed E-state index contributed by atoms with van der Waals surface area (Å²) in [6, 6.07) is 3.58. The zero-order chi connectivity index (χ0) is 13.5. The van der Waals surface area contributed by atoms with E-state index in [1.165, 1.54) is 19.2 Å². The van der Waals surface area contributed by atoms with Crippen LogP contribution in [-0.4, -0.2) is 31.2 Å². The molecule has 8 heteroatoms. The van der Waals surface area contributed by atoms with Crippen molar-refractivity contribution >= 4 is 23.2 Å². The minimum absolute atomic E-state index is 0.0247. The minimum Gasteiger partial charge on any atom is -0.382 e. The lowest BCUT2D eigenvalue weighted by molar-refractivity contribution is -0.384. The zero-order valence-electron chi connectivity index (χ0n) is 9.51. The molecule has 0 heterocycles. The van der Waals surface area contributed by atoms with Gasteiger partial charge in [0.25, 0.3) is 11.6 Å². The average Bonchev–Trinajstić information content (AvgIpc) is 2.34. The summed E-state index contributed by atoms with van der Waals surface area (Å²) in [6.07, 6.45) is 0. The van der Waals surface area contributed by atoms with Crippen LogP contribution in [0.2, 0.25) is 5.02 Å². The van der Waals surface area contributed by atoms with Crippen LogP contribution < -0.4 is 5.48 Å². The van der Waals surface area contributed by atoms with Gasteiger partial charge in [0.1, 0.15) is 0 Å². The quantitative estimate of drug-likeness (QED) is 0.483. The second-order valence-electron chi connectivity index (χ2n) is 3.19. The number of non-ortho nitro benzene ring substituents is 1. The molecule has 0 aliphatic rings. The summed E-state index contributed by atoms with van der Waals surface area (Å²) in [5.41, 5.74) is 1.87. The number of nitro benzene ring substituents is 1. The molecule has 1 aromatic rings. The molecule has 18 heavy (non-hydrogen) atoms. The van der Waals surface area contributed by atoms with E-state index in [1.54, 1.807) is 0 Å². The summed E-state index contributed by atoms with van der Waals surface area (Å²) in [4.78, 5) is 26.4. The van der Waals surface area contributed by atoms with Gasteiger partial charge in [-0.3, -0.25) is 19.7 Å². The first-order chi connectivity index (χ1) is 8.56. The van der Waals surface area contributed by atoms with Crippen molar-refractivity contribution in [1.29, 1.82) is 0 Å². The number of carbonyl (C=O) groups excluding carboxylic acids is 1. The van der Waals surface area contributed by atoms with Gasteiger partial charge in [0.05, 0.1) is 28.7 Å². The molecule has 1 amide bonds. The lowest BCUT2D eigenvalue weighted by Crippen LogP contribution is -2.25. The third-order valence-corrected chi connectivity index (χ3v) is 2.29. The Hall–Kier alpha value is -1.70. The van der Waals surface area contributed by atoms with Crippen LogP contribution in [0.3, 0.4) is 0 Å². The maximum atomic E-state index is 11.6. The Balaban J connectivity index is 2.72. The lowest BCUT2D eigenvalue weighted by Gasteiger charge is -2.06. The molecule has 0 atom stereocenters. The zero-order valence-corrected chi connectivity index (χ0v) is 10.3. The van der Waals surface area contributed by atoms with Crippen LogP contribution in [0, 0.1) is 10.1 Å². The first kappa shape index (κ1) is 14.4. The number of halogens is 1. The Kier molecular flexibility index (Phi) is 5.50. The number of methoxy groups -OCH3 is 1. The van der Waals surface area contributed by atoms with E-state index in [-0.39, 0.29) is 22.9 Å². The van der Waals surface area contributed by atoms with Crippen LogP contribution in [0.4, 0.5) is 5.69 Å². The summed E-state index contributed by atoms with van der Waals surface area (Å²) in [5, 5.41) is 10.7. The molecule has 0 spiro atoms. The highest BCUT2D eigenvalue weighted by Gasteiger charge is 2.15. The SMILES string of the molecule is COCCONC(=O)c1cc([N+](=O)[O-])ccc1Cl. The van der Waals surface area contributed by atoms with Crippen molar-refractivity contribution in [2.45, 2.75) is 0 Å². The van der Waals surface area contributed by atoms with Gasteiger partial charge in [-0.1, -0.05) is 11.6 Å². The molecule has 0 bridgehead atoms. The molecule has 7 nitrogen and oxygen atoms in total. The smallest absolute Gasteiger partial charge is 0.276 e. The van der Waals surface area contributed by atoms with Crippen molar-refractivity contribution in [2.24, 2.45) is 0 Å². The molecule has 0 saturated carbocycles. The molecular formula is C10H11ClN2O5. The van der Waals surface area contributed by atoms with Gasteiger partial charge in [0.15, 0.2) is 0 Å². The standard InChI is InChI=1S/C10H11ClN2O5/c1-17-4-5-18-12-10(14)8-6-7(13(15)16)2-3-9(8)11/h2-3,6H,4-5H2,1H3,(H,12,14). The van der Waals surface area contributed by atoms with Gasteiger partial charge in [0, 0.05) is 19.2 Å². The van der Waals surface area contributed by atoms with Crippen molar-refractivity contribution in [3.05, 3.63) is 38.9 Å². The van der Waals surface area contributed by atoms with Crippen LogP contribution in [0.5, 0.6) is 0 Å². The maximum absolute atomic E-state index is 11.6. The topological polar surface area (TPSA) is 90.7 Å². The molecule has 0 fully saturated rings. The first-order valence-electron chi connectivity index (χ1n) is 4.91. The molecule has 0 aromatic heterocycles. The highest BCUT2D eigenvalue weighted by molar-refractivity contribution is 6.33. The van der Waals surface area contributed by atoms with E-state index in [1.807, 2.05) is 0 Å². The van der Waals surface area contributed by atoms with Gasteiger partial charge in [0.2, 0.25) is 0 Å². The van der Waals surface area contributed by atoms with Gasteiger partial charge in [-0.15, -0.1) is 0 Å². The fourth-order valence-corrected chi connectivity index (χ4v) is 1.30. The molecule has 0 aliphatic heterocycles. The molecule has 1 aromatic carbocycles. The summed E-state index contributed by atoms with van der Waals surface area (Å²) < 4.78 is 4.71. The van der Waals surface area contributed by atoms with Crippen LogP contribution >= 0.6 is 11.6 Å². The number of hydrogen-bond acceptors (Lipinski definition) is 5. The van der Waals surface area contributed by atoms with Crippen LogP contribution in [-0.2, 0) is 9.57 Å². The van der Waals surface area contributed by atoms with Crippen molar-refractivity contribution in [2.75, 3.05) is 20.3 Å². The van der Waals surface area contributed by atoms with E-state index in [0.717, 1.165) is 6.07 Å². The number of benzene rings is 1. The van der Waals surface area contributed by atoms with Crippen LogP contribution in [0.15, 0.2) is 18.2 Å². The van der Waals surface area contributed by atoms with E-state index < -0.39 is 10.8 Å². The fourth-order valence-electron chi connectivity index (χ4n) is 1.10. The van der Waals surface area contributed by atoms with Gasteiger partial charge < -0.3 is 4.74 Å². The molecule has 1 rings (SSSR count). The van der Waals surface area contributed by atoms with Crippen molar-refractivity contribution in [3.63, 3.8) is 0 Å². The van der Waals surface area contributed by atoms with Gasteiger partial charge in [-0.2, -0.15) is 0 Å². The number of nitrogens with zero attached hydrogens (tertiary/aromatic N) is 1. The first-order valence-corrected chi connectivity index (χ1v) is 5.29. The maximum Gasteiger partial charge on any atom is 0.276 e. The molecule has 1 N–H and O–H groups in total. The predicted molar refractivity (Wildman–Crippen MR) is 63.4 cm³/mol. The van der Waals surface area contributed by atoms with E-state index in [2.05, 4.69) is 5.48 Å². The van der Waals surface area contributed by atoms with Crippen LogP contribution in [0.25, 0.3) is 0 Å². The normalized spacial score (nSPS) is 10.1. The highest BCUT2D eigenvalue weighted by atomic mass is 35.5. The Morgan fingerprint density at radius 2 is 2.22 bits per heavy atom. The highest BCUT2D eigenvalue weighted by Crippen LogP contribution is 2.21. The predicted octanol–water partition coefficient (Wildman–Crippen LogP) is 1.56. The third kappa shape index (κ3) is 3.95. The number of amides is 1. The van der Waals surface area contributed by atoms with Crippen molar-refractivity contribution in [3.8, 4) is 0 Å². The molecule has 0 aliphatic carbocycles. The minimum atomic E-state index is -0.653. The molecule has 98 valence electrons. The number of rotatable bonds is 6. The summed E-state index contributed by atoms with van der Waals surface area (Å²) in [6.45, 7) is 0.470. The lowest BCUT2D eigenvalue weighted by atomic mass is 10.2. The second-order valence-corrected chi connectivity index (χ2v) is 3.60. The Morgan fingerprint density at radius 1 is 1.50 bits per heavy atom. The Labute approximate surface area is 108 Å². The number of carbonyl (C=O) groups is 1. The Bertz CT molecular complexity index is 452. The van der Waals surface area contributed by atoms with Crippen LogP contribution in [0.1, 0.15) is 10.4 Å². The fraction of sp³-hybridized carbons (Fsp3) is 0.300. The van der Waals surface area contributed by atoms with E-state index >= 15 is 0 Å². The van der Waals surface area contributed by atoms with Gasteiger partial charge >= 0.3 is 0 Å². The van der Waals surface area contributed by atoms with E-state index in [0.29, 0.717) is 6.61 Å². The van der Waals surface area contributed by atoms with Crippen molar-refractivity contribution in [1.82, 2.24) is 5.48 Å². The Morgan fingerprint density at radius 3 is 2.83 bits per heavy atom. The number of nitro groups is 1. The molecule has 0 saturated heterocycles. The molecular weight excluding hydrogens is 264 g/mol. The summed E-state index contributed by atoms with van der Waals surface area (Å²) in [7, 11) is 1.49. The number of ether oxygens (including phenoxy) is 1. The van der Waals surface area contributed by atoms with E-state index in [4.69, 9.17) is 21.2 Å². The third-order valence-electron chi connectivity index (χ3n) is 1.96. The van der Waals surface area contributed by atoms with Gasteiger partial charge in [-0.05, 0) is 6.07 Å². The number of nitrogens with one attached hydrogen (secondary N) is 1. The van der Waals surface area contributed by atoms with Gasteiger partial charge in [-0.25, -0.2) is 5.48 Å². The summed E-state index contributed by atoms with van der Waals surface area (Å²) >= 11 is 5.77. The monoisotopic (exact) mass is 274 g/mol. The summed E-state index contributed by atoms with van der Waals surface area (Å²) in [5.74, 6) is -0.653. The number of hydroxylamine groups is 1. The number of hydrogen-bond donors (Lipinski definition) is 1. The molecule has 0 radical (unpaired) electrons. The average molecular weight is 275 g/mol. The van der Waals surface area contributed by atoms with Crippen molar-refractivity contribution < 1.29 is 19.3 Å².